The number of aryl methyl sites for hydroxylation is 2. The number of fused-ring (bicyclic) bond motifs is 1. The molecule has 0 bridgehead atoms. The molecule has 0 aliphatic carbocycles. The zero-order valence-electron chi connectivity index (χ0n) is 16.4. The molecule has 1 aromatic heterocycles. The molecule has 0 radical (unpaired) electrons. The van der Waals surface area contributed by atoms with E-state index in [0.29, 0.717) is 41.7 Å². The number of amides is 1. The van der Waals surface area contributed by atoms with Crippen LogP contribution in [0.4, 0.5) is 5.69 Å². The smallest absolute Gasteiger partial charge is 0.278 e. The van der Waals surface area contributed by atoms with E-state index in [-0.39, 0.29) is 18.2 Å². The van der Waals surface area contributed by atoms with Crippen molar-refractivity contribution in [1.82, 2.24) is 5.16 Å². The highest BCUT2D eigenvalue weighted by molar-refractivity contribution is 6.04. The van der Waals surface area contributed by atoms with E-state index in [1.54, 1.807) is 25.1 Å². The van der Waals surface area contributed by atoms with Gasteiger partial charge < -0.3 is 24.1 Å². The van der Waals surface area contributed by atoms with E-state index in [1.807, 2.05) is 24.3 Å². The topological polar surface area (TPSA) is 82.8 Å². The van der Waals surface area contributed by atoms with Gasteiger partial charge in [0.05, 0.1) is 5.56 Å². The standard InChI is InChI=1S/C22H22N2O5/c1-3-15-4-7-17(8-5-15)28-13-18-14(2)29-24-21(18)22(25)23-16-6-9-19-20(12-16)27-11-10-26-19/h4-9,12H,3,10-11,13H2,1-2H3,(H,23,25). The summed E-state index contributed by atoms with van der Waals surface area (Å²) >= 11 is 0. The van der Waals surface area contributed by atoms with E-state index in [1.165, 1.54) is 5.56 Å². The average Bonchev–Trinajstić information content (AvgIpc) is 3.13. The summed E-state index contributed by atoms with van der Waals surface area (Å²) in [7, 11) is 0. The second-order valence-electron chi connectivity index (χ2n) is 6.66. The first-order valence-corrected chi connectivity index (χ1v) is 9.52. The first-order chi connectivity index (χ1) is 14.1. The Morgan fingerprint density at radius 2 is 1.86 bits per heavy atom. The van der Waals surface area contributed by atoms with Crippen molar-refractivity contribution in [2.45, 2.75) is 26.9 Å². The fourth-order valence-corrected chi connectivity index (χ4v) is 3.03. The molecule has 0 spiro atoms. The number of rotatable bonds is 6. The number of carbonyl (C=O) groups is 1. The van der Waals surface area contributed by atoms with Crippen LogP contribution in [0.3, 0.4) is 0 Å². The van der Waals surface area contributed by atoms with Gasteiger partial charge in [-0.15, -0.1) is 0 Å². The van der Waals surface area contributed by atoms with Gasteiger partial charge >= 0.3 is 0 Å². The highest BCUT2D eigenvalue weighted by Gasteiger charge is 2.21. The number of hydrogen-bond acceptors (Lipinski definition) is 6. The number of nitrogens with zero attached hydrogens (tertiary/aromatic N) is 1. The first kappa shape index (κ1) is 18.9. The average molecular weight is 394 g/mol. The lowest BCUT2D eigenvalue weighted by molar-refractivity contribution is 0.101. The maximum absolute atomic E-state index is 12.7. The van der Waals surface area contributed by atoms with Gasteiger partial charge in [0.25, 0.3) is 5.91 Å². The lowest BCUT2D eigenvalue weighted by Gasteiger charge is -2.18. The monoisotopic (exact) mass is 394 g/mol. The molecule has 0 fully saturated rings. The summed E-state index contributed by atoms with van der Waals surface area (Å²) in [6.45, 7) is 5.04. The Labute approximate surface area is 168 Å². The van der Waals surface area contributed by atoms with E-state index >= 15 is 0 Å². The van der Waals surface area contributed by atoms with E-state index in [0.717, 1.165) is 12.2 Å². The molecule has 4 rings (SSSR count). The summed E-state index contributed by atoms with van der Waals surface area (Å²) < 4.78 is 22.1. The quantitative estimate of drug-likeness (QED) is 0.676. The minimum atomic E-state index is -0.376. The minimum Gasteiger partial charge on any atom is -0.489 e. The third-order valence-corrected chi connectivity index (χ3v) is 4.71. The molecule has 1 N–H and O–H groups in total. The number of ether oxygens (including phenoxy) is 3. The molecule has 0 atom stereocenters. The first-order valence-electron chi connectivity index (χ1n) is 9.52. The molecular weight excluding hydrogens is 372 g/mol. The van der Waals surface area contributed by atoms with Crippen molar-refractivity contribution < 1.29 is 23.5 Å². The third-order valence-electron chi connectivity index (χ3n) is 4.71. The molecule has 7 heteroatoms. The van der Waals surface area contributed by atoms with Gasteiger partial charge in [-0.3, -0.25) is 4.79 Å². The Bertz CT molecular complexity index is 1010. The van der Waals surface area contributed by atoms with Crippen LogP contribution in [-0.2, 0) is 13.0 Å². The molecule has 0 saturated carbocycles. The Morgan fingerprint density at radius 3 is 2.62 bits per heavy atom. The van der Waals surface area contributed by atoms with Crippen molar-refractivity contribution in [3.05, 3.63) is 65.0 Å². The Morgan fingerprint density at radius 1 is 1.10 bits per heavy atom. The van der Waals surface area contributed by atoms with Crippen molar-refractivity contribution in [1.29, 1.82) is 0 Å². The largest absolute Gasteiger partial charge is 0.489 e. The van der Waals surface area contributed by atoms with E-state index in [4.69, 9.17) is 18.7 Å². The predicted molar refractivity (Wildman–Crippen MR) is 107 cm³/mol. The highest BCUT2D eigenvalue weighted by atomic mass is 16.6. The van der Waals surface area contributed by atoms with Crippen LogP contribution >= 0.6 is 0 Å². The minimum absolute atomic E-state index is 0.185. The number of hydrogen-bond donors (Lipinski definition) is 1. The van der Waals surface area contributed by atoms with Gasteiger partial charge in [-0.1, -0.05) is 24.2 Å². The molecule has 2 aromatic carbocycles. The van der Waals surface area contributed by atoms with Crippen LogP contribution in [0.1, 0.15) is 34.3 Å². The SMILES string of the molecule is CCc1ccc(OCc2c(C(=O)Nc3ccc4c(c3)OCCO4)noc2C)cc1. The Balaban J connectivity index is 1.46. The summed E-state index contributed by atoms with van der Waals surface area (Å²) in [6, 6.07) is 13.1. The zero-order chi connectivity index (χ0) is 20.2. The zero-order valence-corrected chi connectivity index (χ0v) is 16.4. The van der Waals surface area contributed by atoms with Crippen LogP contribution in [0.2, 0.25) is 0 Å². The molecule has 1 amide bonds. The van der Waals surface area contributed by atoms with Crippen LogP contribution < -0.4 is 19.5 Å². The molecule has 1 aliphatic rings. The number of aromatic nitrogens is 1. The molecule has 29 heavy (non-hydrogen) atoms. The van der Waals surface area contributed by atoms with Crippen LogP contribution in [0.25, 0.3) is 0 Å². The molecule has 7 nitrogen and oxygen atoms in total. The fraction of sp³-hybridized carbons (Fsp3) is 0.273. The fourth-order valence-electron chi connectivity index (χ4n) is 3.03. The molecule has 0 saturated heterocycles. The Hall–Kier alpha value is -3.48. The third kappa shape index (κ3) is 4.18. The predicted octanol–water partition coefficient (Wildman–Crippen LogP) is 4.15. The molecule has 1 aliphatic heterocycles. The highest BCUT2D eigenvalue weighted by Crippen LogP contribution is 2.32. The lowest BCUT2D eigenvalue weighted by atomic mass is 10.1. The van der Waals surface area contributed by atoms with Crippen LogP contribution in [-0.4, -0.2) is 24.3 Å². The van der Waals surface area contributed by atoms with Crippen molar-refractivity contribution in [2.24, 2.45) is 0 Å². The van der Waals surface area contributed by atoms with Gasteiger partial charge in [-0.2, -0.15) is 0 Å². The number of nitrogens with one attached hydrogen (secondary N) is 1. The van der Waals surface area contributed by atoms with Crippen molar-refractivity contribution in [3.8, 4) is 17.2 Å². The normalized spacial score (nSPS) is 12.5. The second kappa shape index (κ2) is 8.26. The van der Waals surface area contributed by atoms with E-state index in [2.05, 4.69) is 17.4 Å². The Kier molecular flexibility index (Phi) is 5.37. The number of anilines is 1. The maximum Gasteiger partial charge on any atom is 0.278 e. The van der Waals surface area contributed by atoms with Crippen molar-refractivity contribution >= 4 is 11.6 Å². The summed E-state index contributed by atoms with van der Waals surface area (Å²) in [6.07, 6.45) is 0.967. The number of carbonyl (C=O) groups excluding carboxylic acids is 1. The molecule has 2 heterocycles. The molecule has 3 aromatic rings. The van der Waals surface area contributed by atoms with Gasteiger partial charge in [-0.25, -0.2) is 0 Å². The molecular formula is C22H22N2O5. The summed E-state index contributed by atoms with van der Waals surface area (Å²) in [5.74, 6) is 2.15. The van der Waals surface area contributed by atoms with Gasteiger partial charge in [0.1, 0.15) is 31.3 Å². The molecule has 0 unspecified atom stereocenters. The van der Waals surface area contributed by atoms with Crippen LogP contribution in [0.15, 0.2) is 47.0 Å². The van der Waals surface area contributed by atoms with Gasteiger partial charge in [0.15, 0.2) is 17.2 Å². The second-order valence-corrected chi connectivity index (χ2v) is 6.66. The van der Waals surface area contributed by atoms with Crippen LogP contribution in [0, 0.1) is 6.92 Å². The van der Waals surface area contributed by atoms with E-state index in [9.17, 15) is 4.79 Å². The van der Waals surface area contributed by atoms with E-state index < -0.39 is 0 Å². The summed E-state index contributed by atoms with van der Waals surface area (Å²) in [5.41, 5.74) is 2.63. The van der Waals surface area contributed by atoms with Crippen molar-refractivity contribution in [3.63, 3.8) is 0 Å². The summed E-state index contributed by atoms with van der Waals surface area (Å²) in [5, 5.41) is 6.74. The van der Waals surface area contributed by atoms with Gasteiger partial charge in [-0.05, 0) is 43.2 Å². The van der Waals surface area contributed by atoms with Gasteiger partial charge in [0, 0.05) is 11.8 Å². The summed E-state index contributed by atoms with van der Waals surface area (Å²) in [4.78, 5) is 12.7. The van der Waals surface area contributed by atoms with Crippen LogP contribution in [0.5, 0.6) is 17.2 Å². The maximum atomic E-state index is 12.7. The molecule has 150 valence electrons. The van der Waals surface area contributed by atoms with Gasteiger partial charge in [0.2, 0.25) is 0 Å². The lowest BCUT2D eigenvalue weighted by Crippen LogP contribution is -2.17. The number of benzene rings is 2. The van der Waals surface area contributed by atoms with Crippen molar-refractivity contribution in [2.75, 3.05) is 18.5 Å².